The summed E-state index contributed by atoms with van der Waals surface area (Å²) < 4.78 is 12.9. The van der Waals surface area contributed by atoms with Crippen molar-refractivity contribution in [3.63, 3.8) is 0 Å². The lowest BCUT2D eigenvalue weighted by molar-refractivity contribution is -0.113. The summed E-state index contributed by atoms with van der Waals surface area (Å²) in [6, 6.07) is 13.2. The predicted octanol–water partition coefficient (Wildman–Crippen LogP) is 6.04. The van der Waals surface area contributed by atoms with Crippen LogP contribution in [0.5, 0.6) is 11.5 Å². The molecule has 28 heavy (non-hydrogen) atoms. The van der Waals surface area contributed by atoms with Gasteiger partial charge in [0.15, 0.2) is 15.8 Å². The Kier molecular flexibility index (Phi) is 7.15. The quantitative estimate of drug-likeness (QED) is 0.358. The molecule has 4 nitrogen and oxygen atoms in total. The minimum Gasteiger partial charge on any atom is -0.490 e. The Bertz CT molecular complexity index is 930. The van der Waals surface area contributed by atoms with Crippen molar-refractivity contribution in [1.82, 2.24) is 0 Å². The zero-order valence-corrected chi connectivity index (χ0v) is 18.8. The highest BCUT2D eigenvalue weighted by Crippen LogP contribution is 2.37. The molecule has 0 unspecified atom stereocenters. The number of carbonyl (C=O) groups excluding carboxylic acids is 1. The molecule has 0 N–H and O–H groups in total. The summed E-state index contributed by atoms with van der Waals surface area (Å²) >= 11 is 10.2. The zero-order chi connectivity index (χ0) is 20.1. The fraction of sp³-hybridized carbons (Fsp3) is 0.238. The van der Waals surface area contributed by atoms with E-state index < -0.39 is 0 Å². The molecule has 1 fully saturated rings. The fourth-order valence-electron chi connectivity index (χ4n) is 2.67. The maximum absolute atomic E-state index is 12.9. The molecular formula is C21H20BrNO3S2. The maximum atomic E-state index is 12.9. The summed E-state index contributed by atoms with van der Waals surface area (Å²) in [5, 5.41) is 0. The van der Waals surface area contributed by atoms with Gasteiger partial charge in [0, 0.05) is 4.47 Å². The molecule has 1 heterocycles. The molecule has 0 aliphatic carbocycles. The van der Waals surface area contributed by atoms with Gasteiger partial charge in [-0.15, -0.1) is 0 Å². The minimum absolute atomic E-state index is 0.127. The van der Waals surface area contributed by atoms with Crippen molar-refractivity contribution in [3.8, 4) is 11.5 Å². The highest BCUT2D eigenvalue weighted by Gasteiger charge is 2.33. The van der Waals surface area contributed by atoms with E-state index in [0.717, 1.165) is 22.1 Å². The third kappa shape index (κ3) is 4.77. The standard InChI is InChI=1S/C21H20BrNO3S2/c1-3-10-26-17-9-8-14(11-18(17)25-4-2)12-19-20(24)23(21(27)28-19)16-7-5-6-15(22)13-16/h5-9,11-13H,3-4,10H2,1-2H3/b19-12-. The summed E-state index contributed by atoms with van der Waals surface area (Å²) in [6.45, 7) is 5.16. The fourth-order valence-corrected chi connectivity index (χ4v) is 4.36. The molecule has 1 aliphatic rings. The van der Waals surface area contributed by atoms with Crippen LogP contribution in [0.25, 0.3) is 6.08 Å². The van der Waals surface area contributed by atoms with Crippen molar-refractivity contribution in [1.29, 1.82) is 0 Å². The summed E-state index contributed by atoms with van der Waals surface area (Å²) in [5.74, 6) is 1.26. The molecule has 0 radical (unpaired) electrons. The second kappa shape index (κ2) is 9.58. The number of hydrogen-bond acceptors (Lipinski definition) is 5. The van der Waals surface area contributed by atoms with Gasteiger partial charge in [-0.1, -0.05) is 59.0 Å². The molecule has 2 aromatic carbocycles. The van der Waals surface area contributed by atoms with Crippen LogP contribution in [-0.2, 0) is 4.79 Å². The van der Waals surface area contributed by atoms with Crippen molar-refractivity contribution in [3.05, 3.63) is 57.4 Å². The van der Waals surface area contributed by atoms with Gasteiger partial charge in [-0.25, -0.2) is 0 Å². The SMILES string of the molecule is CCCOc1ccc(/C=C2\SC(=S)N(c3cccc(Br)c3)C2=O)cc1OCC. The van der Waals surface area contributed by atoms with Crippen LogP contribution in [0.2, 0.25) is 0 Å². The van der Waals surface area contributed by atoms with Gasteiger partial charge >= 0.3 is 0 Å². The molecule has 0 atom stereocenters. The first kappa shape index (κ1) is 20.9. The molecule has 0 spiro atoms. The van der Waals surface area contributed by atoms with E-state index in [2.05, 4.69) is 22.9 Å². The Morgan fingerprint density at radius 3 is 2.68 bits per heavy atom. The molecule has 3 rings (SSSR count). The molecule has 0 saturated carbocycles. The van der Waals surface area contributed by atoms with E-state index in [1.54, 1.807) is 4.90 Å². The van der Waals surface area contributed by atoms with Gasteiger partial charge in [0.2, 0.25) is 0 Å². The Hall–Kier alpha value is -1.83. The van der Waals surface area contributed by atoms with Gasteiger partial charge in [-0.2, -0.15) is 0 Å². The third-order valence-electron chi connectivity index (χ3n) is 3.89. The van der Waals surface area contributed by atoms with Gasteiger partial charge in [-0.3, -0.25) is 9.69 Å². The van der Waals surface area contributed by atoms with Gasteiger partial charge in [0.25, 0.3) is 5.91 Å². The molecule has 0 bridgehead atoms. The summed E-state index contributed by atoms with van der Waals surface area (Å²) in [6.07, 6.45) is 2.76. The molecule has 1 saturated heterocycles. The molecule has 146 valence electrons. The number of nitrogens with zero attached hydrogens (tertiary/aromatic N) is 1. The molecule has 1 amide bonds. The molecule has 1 aliphatic heterocycles. The number of rotatable bonds is 7. The number of ether oxygens (including phenoxy) is 2. The summed E-state index contributed by atoms with van der Waals surface area (Å²) in [5.41, 5.74) is 1.61. The van der Waals surface area contributed by atoms with Gasteiger partial charge in [0.1, 0.15) is 0 Å². The number of amides is 1. The predicted molar refractivity (Wildman–Crippen MR) is 123 cm³/mol. The Labute approximate surface area is 183 Å². The van der Waals surface area contributed by atoms with E-state index >= 15 is 0 Å². The van der Waals surface area contributed by atoms with Crippen LogP contribution in [0.15, 0.2) is 51.8 Å². The second-order valence-electron chi connectivity index (χ2n) is 5.98. The third-order valence-corrected chi connectivity index (χ3v) is 5.68. The van der Waals surface area contributed by atoms with E-state index in [-0.39, 0.29) is 5.91 Å². The van der Waals surface area contributed by atoms with Crippen LogP contribution in [0.3, 0.4) is 0 Å². The number of thiocarbonyl (C=S) groups is 1. The molecule has 2 aromatic rings. The van der Waals surface area contributed by atoms with E-state index in [9.17, 15) is 4.79 Å². The normalized spacial score (nSPS) is 15.4. The van der Waals surface area contributed by atoms with Crippen LogP contribution in [0.1, 0.15) is 25.8 Å². The number of thioether (sulfide) groups is 1. The second-order valence-corrected chi connectivity index (χ2v) is 8.58. The van der Waals surface area contributed by atoms with Crippen LogP contribution in [0, 0.1) is 0 Å². The van der Waals surface area contributed by atoms with Crippen LogP contribution in [-0.4, -0.2) is 23.4 Å². The first-order valence-corrected chi connectivity index (χ1v) is 11.0. The van der Waals surface area contributed by atoms with E-state index in [1.165, 1.54) is 11.8 Å². The maximum Gasteiger partial charge on any atom is 0.270 e. The van der Waals surface area contributed by atoms with Crippen molar-refractivity contribution >= 4 is 61.9 Å². The lowest BCUT2D eigenvalue weighted by Gasteiger charge is -2.14. The number of benzene rings is 2. The number of halogens is 1. The first-order chi connectivity index (χ1) is 13.5. The first-order valence-electron chi connectivity index (χ1n) is 8.96. The topological polar surface area (TPSA) is 38.8 Å². The van der Waals surface area contributed by atoms with E-state index in [4.69, 9.17) is 21.7 Å². The van der Waals surface area contributed by atoms with E-state index in [1.807, 2.05) is 55.5 Å². The van der Waals surface area contributed by atoms with Gasteiger partial charge in [-0.05, 0) is 55.3 Å². The molecule has 7 heteroatoms. The smallest absolute Gasteiger partial charge is 0.270 e. The average Bonchev–Trinajstić information content (AvgIpc) is 2.94. The molecule has 0 aromatic heterocycles. The number of anilines is 1. The van der Waals surface area contributed by atoms with Crippen LogP contribution in [0.4, 0.5) is 5.69 Å². The van der Waals surface area contributed by atoms with Gasteiger partial charge < -0.3 is 9.47 Å². The summed E-state index contributed by atoms with van der Waals surface area (Å²) in [7, 11) is 0. The highest BCUT2D eigenvalue weighted by molar-refractivity contribution is 9.10. The van der Waals surface area contributed by atoms with Crippen molar-refractivity contribution in [2.24, 2.45) is 0 Å². The average molecular weight is 478 g/mol. The zero-order valence-electron chi connectivity index (χ0n) is 15.6. The number of hydrogen-bond donors (Lipinski definition) is 0. The Morgan fingerprint density at radius 1 is 1.14 bits per heavy atom. The number of carbonyl (C=O) groups is 1. The van der Waals surface area contributed by atoms with Crippen molar-refractivity contribution in [2.75, 3.05) is 18.1 Å². The Morgan fingerprint density at radius 2 is 1.96 bits per heavy atom. The molecular weight excluding hydrogens is 458 g/mol. The van der Waals surface area contributed by atoms with Gasteiger partial charge in [0.05, 0.1) is 23.8 Å². The van der Waals surface area contributed by atoms with Crippen molar-refractivity contribution < 1.29 is 14.3 Å². The Balaban J connectivity index is 1.88. The van der Waals surface area contributed by atoms with Crippen LogP contribution < -0.4 is 14.4 Å². The highest BCUT2D eigenvalue weighted by atomic mass is 79.9. The summed E-state index contributed by atoms with van der Waals surface area (Å²) in [4.78, 5) is 15.1. The monoisotopic (exact) mass is 477 g/mol. The lowest BCUT2D eigenvalue weighted by Crippen LogP contribution is -2.27. The van der Waals surface area contributed by atoms with E-state index in [0.29, 0.717) is 33.9 Å². The minimum atomic E-state index is -0.127. The van der Waals surface area contributed by atoms with Crippen molar-refractivity contribution in [2.45, 2.75) is 20.3 Å². The van der Waals surface area contributed by atoms with Crippen LogP contribution >= 0.6 is 39.9 Å². The largest absolute Gasteiger partial charge is 0.490 e. The lowest BCUT2D eigenvalue weighted by atomic mass is 10.1.